The molecule has 6 nitrogen and oxygen atoms in total. The first-order valence-electron chi connectivity index (χ1n) is 5.42. The molecule has 0 aliphatic carbocycles. The number of anilines is 1. The molecule has 8 heteroatoms. The molecule has 0 unspecified atom stereocenters. The zero-order valence-corrected chi connectivity index (χ0v) is 12.4. The van der Waals surface area contributed by atoms with E-state index in [1.807, 2.05) is 0 Å². The van der Waals surface area contributed by atoms with E-state index in [1.165, 1.54) is 32.0 Å². The van der Waals surface area contributed by atoms with Crippen molar-refractivity contribution in [1.29, 1.82) is 0 Å². The fourth-order valence-corrected chi connectivity index (χ4v) is 1.84. The fraction of sp³-hybridized carbons (Fsp3) is 0.455. The first kappa shape index (κ1) is 15.7. The molecule has 0 bridgehead atoms. The van der Waals surface area contributed by atoms with Gasteiger partial charge in [-0.2, -0.15) is 0 Å². The lowest BCUT2D eigenvalue weighted by molar-refractivity contribution is -0.383. The number of halogens is 1. The molecule has 0 spiro atoms. The van der Waals surface area contributed by atoms with E-state index >= 15 is 0 Å². The van der Waals surface area contributed by atoms with Crippen molar-refractivity contribution in [3.05, 3.63) is 33.3 Å². The highest BCUT2D eigenvalue weighted by Gasteiger charge is 2.31. The molecule has 0 aromatic heterocycles. The standard InChI is InChI=1S/C11H15ClN2O4S/c1-11(2,19(3,17)18)7-13-10-8(12)5-4-6-9(10)14(15)16/h4-6,13H,7H2,1-3H3. The summed E-state index contributed by atoms with van der Waals surface area (Å²) in [6, 6.07) is 4.28. The van der Waals surface area contributed by atoms with Crippen LogP contribution in [0.15, 0.2) is 18.2 Å². The molecular weight excluding hydrogens is 292 g/mol. The number of nitro benzene ring substituents is 1. The summed E-state index contributed by atoms with van der Waals surface area (Å²) in [5.41, 5.74) is -0.0531. The van der Waals surface area contributed by atoms with E-state index in [0.717, 1.165) is 6.26 Å². The number of nitrogens with zero attached hydrogens (tertiary/aromatic N) is 1. The summed E-state index contributed by atoms with van der Waals surface area (Å²) in [5, 5.41) is 13.8. The van der Waals surface area contributed by atoms with E-state index in [2.05, 4.69) is 5.32 Å². The van der Waals surface area contributed by atoms with Crippen molar-refractivity contribution in [3.63, 3.8) is 0 Å². The Kier molecular flexibility index (Phi) is 4.42. The molecule has 0 aliphatic rings. The van der Waals surface area contributed by atoms with Gasteiger partial charge in [0.25, 0.3) is 5.69 Å². The van der Waals surface area contributed by atoms with Crippen molar-refractivity contribution in [3.8, 4) is 0 Å². The molecule has 1 N–H and O–H groups in total. The molecule has 1 rings (SSSR count). The number of hydrogen-bond donors (Lipinski definition) is 1. The highest BCUT2D eigenvalue weighted by Crippen LogP contribution is 2.32. The van der Waals surface area contributed by atoms with Crippen LogP contribution in [0.5, 0.6) is 0 Å². The van der Waals surface area contributed by atoms with Gasteiger partial charge < -0.3 is 5.32 Å². The number of rotatable bonds is 5. The summed E-state index contributed by atoms with van der Waals surface area (Å²) < 4.78 is 22.1. The Morgan fingerprint density at radius 1 is 1.42 bits per heavy atom. The minimum atomic E-state index is -3.29. The first-order valence-corrected chi connectivity index (χ1v) is 7.69. The van der Waals surface area contributed by atoms with Crippen LogP contribution in [0.4, 0.5) is 11.4 Å². The van der Waals surface area contributed by atoms with Crippen LogP contribution in [0.25, 0.3) is 0 Å². The molecule has 0 atom stereocenters. The van der Waals surface area contributed by atoms with Gasteiger partial charge in [-0.3, -0.25) is 10.1 Å². The van der Waals surface area contributed by atoms with E-state index in [0.29, 0.717) is 0 Å². The second-order valence-electron chi connectivity index (χ2n) is 4.78. The number of para-hydroxylation sites is 1. The van der Waals surface area contributed by atoms with Gasteiger partial charge in [0.2, 0.25) is 0 Å². The minimum Gasteiger partial charge on any atom is -0.377 e. The SMILES string of the molecule is CC(C)(CNc1c(Cl)cccc1[N+](=O)[O-])S(C)(=O)=O. The van der Waals surface area contributed by atoms with Crippen LogP contribution in [-0.2, 0) is 9.84 Å². The predicted molar refractivity (Wildman–Crippen MR) is 75.5 cm³/mol. The van der Waals surface area contributed by atoms with Crippen molar-refractivity contribution < 1.29 is 13.3 Å². The van der Waals surface area contributed by atoms with E-state index < -0.39 is 19.5 Å². The van der Waals surface area contributed by atoms with Gasteiger partial charge in [-0.05, 0) is 19.9 Å². The molecule has 1 aromatic carbocycles. The lowest BCUT2D eigenvalue weighted by Crippen LogP contribution is -2.38. The molecule has 0 saturated carbocycles. The van der Waals surface area contributed by atoms with Gasteiger partial charge >= 0.3 is 0 Å². The maximum atomic E-state index is 11.6. The summed E-state index contributed by atoms with van der Waals surface area (Å²) in [5.74, 6) is 0. The topological polar surface area (TPSA) is 89.3 Å². The number of nitrogens with one attached hydrogen (secondary N) is 1. The lowest BCUT2D eigenvalue weighted by atomic mass is 10.2. The van der Waals surface area contributed by atoms with Crippen molar-refractivity contribution in [1.82, 2.24) is 0 Å². The molecule has 0 radical (unpaired) electrons. The monoisotopic (exact) mass is 306 g/mol. The normalized spacial score (nSPS) is 12.2. The van der Waals surface area contributed by atoms with Crippen LogP contribution in [0.2, 0.25) is 5.02 Å². The zero-order valence-electron chi connectivity index (χ0n) is 10.8. The summed E-state index contributed by atoms with van der Waals surface area (Å²) in [6.07, 6.45) is 1.12. The Labute approximate surface area is 116 Å². The van der Waals surface area contributed by atoms with E-state index in [4.69, 9.17) is 11.6 Å². The van der Waals surface area contributed by atoms with Crippen molar-refractivity contribution in [2.75, 3.05) is 18.1 Å². The Hall–Kier alpha value is -1.34. The van der Waals surface area contributed by atoms with E-state index in [1.54, 1.807) is 0 Å². The smallest absolute Gasteiger partial charge is 0.293 e. The molecule has 0 fully saturated rings. The first-order chi connectivity index (χ1) is 8.56. The van der Waals surface area contributed by atoms with Gasteiger partial charge in [-0.1, -0.05) is 17.7 Å². The molecular formula is C11H15ClN2O4S. The third kappa shape index (κ3) is 3.57. The van der Waals surface area contributed by atoms with Crippen LogP contribution < -0.4 is 5.32 Å². The minimum absolute atomic E-state index is 0.0242. The highest BCUT2D eigenvalue weighted by molar-refractivity contribution is 7.92. The molecule has 1 aromatic rings. The number of benzene rings is 1. The van der Waals surface area contributed by atoms with E-state index in [9.17, 15) is 18.5 Å². The van der Waals surface area contributed by atoms with Gasteiger partial charge in [-0.15, -0.1) is 0 Å². The number of sulfone groups is 1. The molecule has 0 aliphatic heterocycles. The zero-order chi connectivity index (χ0) is 14.8. The Morgan fingerprint density at radius 2 is 2.00 bits per heavy atom. The van der Waals surface area contributed by atoms with Crippen molar-refractivity contribution >= 4 is 32.8 Å². The lowest BCUT2D eigenvalue weighted by Gasteiger charge is -2.23. The second kappa shape index (κ2) is 5.34. The third-order valence-corrected chi connectivity index (χ3v) is 5.35. The third-order valence-electron chi connectivity index (χ3n) is 2.88. The number of hydrogen-bond acceptors (Lipinski definition) is 5. The number of nitro groups is 1. The van der Waals surface area contributed by atoms with Crippen LogP contribution in [0, 0.1) is 10.1 Å². The Morgan fingerprint density at radius 3 is 2.47 bits per heavy atom. The largest absolute Gasteiger partial charge is 0.377 e. The van der Waals surface area contributed by atoms with Gasteiger partial charge in [0.1, 0.15) is 5.69 Å². The molecule has 106 valence electrons. The Balaban J connectivity index is 3.05. The average Bonchev–Trinajstić information content (AvgIpc) is 2.25. The van der Waals surface area contributed by atoms with Gasteiger partial charge in [0, 0.05) is 18.9 Å². The second-order valence-corrected chi connectivity index (χ2v) is 7.83. The van der Waals surface area contributed by atoms with E-state index in [-0.39, 0.29) is 22.9 Å². The van der Waals surface area contributed by atoms with Crippen LogP contribution in [-0.4, -0.2) is 30.9 Å². The molecule has 0 amide bonds. The van der Waals surface area contributed by atoms with Gasteiger partial charge in [0.05, 0.1) is 14.7 Å². The molecule has 19 heavy (non-hydrogen) atoms. The summed E-state index contributed by atoms with van der Waals surface area (Å²) in [7, 11) is -3.29. The van der Waals surface area contributed by atoms with Gasteiger partial charge in [0.15, 0.2) is 9.84 Å². The van der Waals surface area contributed by atoms with Crippen LogP contribution in [0.1, 0.15) is 13.8 Å². The van der Waals surface area contributed by atoms with Crippen LogP contribution in [0.3, 0.4) is 0 Å². The predicted octanol–water partition coefficient (Wildman–Crippen LogP) is 2.48. The average molecular weight is 307 g/mol. The maximum absolute atomic E-state index is 11.6. The Bertz CT molecular complexity index is 599. The van der Waals surface area contributed by atoms with Crippen molar-refractivity contribution in [2.45, 2.75) is 18.6 Å². The summed E-state index contributed by atoms with van der Waals surface area (Å²) >= 11 is 5.90. The van der Waals surface area contributed by atoms with Crippen molar-refractivity contribution in [2.24, 2.45) is 0 Å². The molecule has 0 saturated heterocycles. The summed E-state index contributed by atoms with van der Waals surface area (Å²) in [6.45, 7) is 3.10. The fourth-order valence-electron chi connectivity index (χ4n) is 1.27. The quantitative estimate of drug-likeness (QED) is 0.667. The highest BCUT2D eigenvalue weighted by atomic mass is 35.5. The maximum Gasteiger partial charge on any atom is 0.293 e. The van der Waals surface area contributed by atoms with Crippen LogP contribution >= 0.6 is 11.6 Å². The molecule has 0 heterocycles. The summed E-state index contributed by atoms with van der Waals surface area (Å²) in [4.78, 5) is 10.3. The van der Waals surface area contributed by atoms with Gasteiger partial charge in [-0.25, -0.2) is 8.42 Å².